The maximum Gasteiger partial charge on any atom is 0.243 e. The number of piperidine rings is 1. The van der Waals surface area contributed by atoms with Gasteiger partial charge in [-0.05, 0) is 37.0 Å². The van der Waals surface area contributed by atoms with Crippen LogP contribution in [0.25, 0.3) is 0 Å². The average molecular weight is 465 g/mol. The van der Waals surface area contributed by atoms with E-state index in [-0.39, 0.29) is 35.7 Å². The summed E-state index contributed by atoms with van der Waals surface area (Å²) >= 11 is 0. The van der Waals surface area contributed by atoms with Crippen molar-refractivity contribution in [2.75, 3.05) is 25.1 Å². The molecule has 2 aromatic carbocycles. The predicted octanol–water partition coefficient (Wildman–Crippen LogP) is 2.38. The zero-order chi connectivity index (χ0) is 22.5. The highest BCUT2D eigenvalue weighted by molar-refractivity contribution is 7.90. The van der Waals surface area contributed by atoms with Crippen LogP contribution in [0.5, 0.6) is 0 Å². The molecule has 7 nitrogen and oxygen atoms in total. The molecule has 0 saturated carbocycles. The Hall–Kier alpha value is -2.23. The highest BCUT2D eigenvalue weighted by Crippen LogP contribution is 2.37. The fraction of sp³-hybridized carbons (Fsp3) is 0.409. The van der Waals surface area contributed by atoms with Gasteiger partial charge in [0.2, 0.25) is 15.9 Å². The first-order chi connectivity index (χ1) is 14.7. The molecule has 0 bridgehead atoms. The third kappa shape index (κ3) is 6.15. The van der Waals surface area contributed by atoms with E-state index in [9.17, 15) is 21.6 Å². The highest BCUT2D eigenvalue weighted by atomic mass is 32.2. The van der Waals surface area contributed by atoms with Crippen LogP contribution in [-0.4, -0.2) is 52.1 Å². The molecule has 31 heavy (non-hydrogen) atoms. The summed E-state index contributed by atoms with van der Waals surface area (Å²) in [5, 5.41) is 2.77. The minimum Gasteiger partial charge on any atom is -0.356 e. The zero-order valence-corrected chi connectivity index (χ0v) is 19.1. The molecule has 1 fully saturated rings. The van der Waals surface area contributed by atoms with Crippen LogP contribution in [0.1, 0.15) is 30.9 Å². The van der Waals surface area contributed by atoms with Crippen molar-refractivity contribution in [3.63, 3.8) is 0 Å². The summed E-state index contributed by atoms with van der Waals surface area (Å²) in [7, 11) is -6.88. The number of amides is 1. The number of carbonyl (C=O) groups is 1. The molecule has 1 N–H and O–H groups in total. The molecule has 2 atom stereocenters. The monoisotopic (exact) mass is 464 g/mol. The van der Waals surface area contributed by atoms with Gasteiger partial charge in [-0.15, -0.1) is 0 Å². The van der Waals surface area contributed by atoms with E-state index in [1.165, 1.54) is 4.31 Å². The van der Waals surface area contributed by atoms with Crippen molar-refractivity contribution in [1.82, 2.24) is 9.62 Å². The predicted molar refractivity (Wildman–Crippen MR) is 120 cm³/mol. The Balaban J connectivity index is 1.78. The second-order valence-electron chi connectivity index (χ2n) is 7.86. The van der Waals surface area contributed by atoms with Gasteiger partial charge < -0.3 is 5.32 Å². The van der Waals surface area contributed by atoms with Crippen LogP contribution in [0.2, 0.25) is 0 Å². The number of sulfonamides is 1. The minimum atomic E-state index is -3.80. The minimum absolute atomic E-state index is 0.00252. The molecular formula is C22H28N2O5S2. The van der Waals surface area contributed by atoms with Gasteiger partial charge in [-0.2, -0.15) is 4.31 Å². The van der Waals surface area contributed by atoms with E-state index in [1.807, 2.05) is 30.3 Å². The van der Waals surface area contributed by atoms with E-state index < -0.39 is 25.8 Å². The van der Waals surface area contributed by atoms with Gasteiger partial charge in [-0.25, -0.2) is 16.8 Å². The lowest BCUT2D eigenvalue weighted by atomic mass is 9.90. The number of benzene rings is 2. The van der Waals surface area contributed by atoms with E-state index in [1.54, 1.807) is 30.3 Å². The number of nitrogens with one attached hydrogen (secondary N) is 1. The SMILES string of the molecule is CS(=O)(=O)CCCNC(=O)C1CCC(c2ccccc2)N(S(=O)(=O)c2ccccc2)C1. The lowest BCUT2D eigenvalue weighted by Crippen LogP contribution is -2.47. The molecule has 0 radical (unpaired) electrons. The van der Waals surface area contributed by atoms with Gasteiger partial charge >= 0.3 is 0 Å². The lowest BCUT2D eigenvalue weighted by molar-refractivity contribution is -0.126. The summed E-state index contributed by atoms with van der Waals surface area (Å²) in [6.45, 7) is 0.324. The highest BCUT2D eigenvalue weighted by Gasteiger charge is 2.39. The Morgan fingerprint density at radius 2 is 1.58 bits per heavy atom. The molecule has 1 amide bonds. The molecule has 2 aromatic rings. The van der Waals surface area contributed by atoms with E-state index in [2.05, 4.69) is 5.32 Å². The van der Waals surface area contributed by atoms with Gasteiger partial charge in [0.1, 0.15) is 9.84 Å². The topological polar surface area (TPSA) is 101 Å². The van der Waals surface area contributed by atoms with Crippen LogP contribution in [-0.2, 0) is 24.7 Å². The average Bonchev–Trinajstić information content (AvgIpc) is 2.76. The molecule has 2 unspecified atom stereocenters. The van der Waals surface area contributed by atoms with Gasteiger partial charge in [-0.1, -0.05) is 48.5 Å². The second-order valence-corrected chi connectivity index (χ2v) is 12.0. The zero-order valence-electron chi connectivity index (χ0n) is 17.5. The molecule has 1 aliphatic heterocycles. The first kappa shape index (κ1) is 23.4. The number of hydrogen-bond acceptors (Lipinski definition) is 5. The maximum absolute atomic E-state index is 13.4. The molecule has 0 aromatic heterocycles. The standard InChI is InChI=1S/C22H28N2O5S2/c1-30(26,27)16-8-15-23-22(25)19-13-14-21(18-9-4-2-5-10-18)24(17-19)31(28,29)20-11-6-3-7-12-20/h2-7,9-12,19,21H,8,13-17H2,1H3,(H,23,25). The molecule has 1 aliphatic rings. The van der Waals surface area contributed by atoms with Crippen molar-refractivity contribution in [2.45, 2.75) is 30.2 Å². The summed E-state index contributed by atoms with van der Waals surface area (Å²) in [6, 6.07) is 17.4. The number of hydrogen-bond donors (Lipinski definition) is 1. The quantitative estimate of drug-likeness (QED) is 0.605. The third-order valence-corrected chi connectivity index (χ3v) is 8.35. The molecule has 1 heterocycles. The lowest BCUT2D eigenvalue weighted by Gasteiger charge is -2.38. The third-order valence-electron chi connectivity index (χ3n) is 5.43. The Morgan fingerprint density at radius 1 is 0.968 bits per heavy atom. The summed E-state index contributed by atoms with van der Waals surface area (Å²) < 4.78 is 50.8. The molecule has 0 aliphatic carbocycles. The Bertz CT molecular complexity index is 1090. The second kappa shape index (κ2) is 9.93. The maximum atomic E-state index is 13.4. The first-order valence-electron chi connectivity index (χ1n) is 10.3. The van der Waals surface area contributed by atoms with Gasteiger partial charge in [0.05, 0.1) is 22.6 Å². The number of rotatable bonds is 8. The Morgan fingerprint density at radius 3 is 2.19 bits per heavy atom. The first-order valence-corrected chi connectivity index (χ1v) is 13.8. The van der Waals surface area contributed by atoms with Crippen LogP contribution in [0.4, 0.5) is 0 Å². The molecule has 0 spiro atoms. The van der Waals surface area contributed by atoms with Crippen molar-refractivity contribution in [2.24, 2.45) is 5.92 Å². The van der Waals surface area contributed by atoms with Crippen LogP contribution in [0, 0.1) is 5.92 Å². The van der Waals surface area contributed by atoms with Gasteiger partial charge in [0, 0.05) is 19.3 Å². The largest absolute Gasteiger partial charge is 0.356 e. The molecule has 1 saturated heterocycles. The van der Waals surface area contributed by atoms with Crippen LogP contribution in [0.15, 0.2) is 65.6 Å². The summed E-state index contributed by atoms with van der Waals surface area (Å²) in [6.07, 6.45) is 2.57. The van der Waals surface area contributed by atoms with Crippen LogP contribution in [0.3, 0.4) is 0 Å². The molecule has 3 rings (SSSR count). The van der Waals surface area contributed by atoms with E-state index in [0.717, 1.165) is 11.8 Å². The summed E-state index contributed by atoms with van der Waals surface area (Å²) in [5.74, 6) is -0.729. The molecule has 9 heteroatoms. The molecular weight excluding hydrogens is 436 g/mol. The Kier molecular flexibility index (Phi) is 7.51. The fourth-order valence-corrected chi connectivity index (χ4v) is 6.22. The Labute approximate surface area is 184 Å². The van der Waals surface area contributed by atoms with Crippen LogP contribution >= 0.6 is 0 Å². The number of sulfone groups is 1. The van der Waals surface area contributed by atoms with Crippen LogP contribution < -0.4 is 5.32 Å². The van der Waals surface area contributed by atoms with Gasteiger partial charge in [0.25, 0.3) is 0 Å². The van der Waals surface area contributed by atoms with E-state index in [0.29, 0.717) is 19.3 Å². The van der Waals surface area contributed by atoms with E-state index >= 15 is 0 Å². The van der Waals surface area contributed by atoms with Crippen molar-refractivity contribution >= 4 is 25.8 Å². The van der Waals surface area contributed by atoms with Crippen molar-refractivity contribution in [1.29, 1.82) is 0 Å². The van der Waals surface area contributed by atoms with Gasteiger partial charge in [-0.3, -0.25) is 4.79 Å². The number of nitrogens with zero attached hydrogens (tertiary/aromatic N) is 1. The normalized spacial score (nSPS) is 20.3. The summed E-state index contributed by atoms with van der Waals surface area (Å²) in [5.41, 5.74) is 0.897. The fourth-order valence-electron chi connectivity index (χ4n) is 3.84. The molecule has 168 valence electrons. The summed E-state index contributed by atoms with van der Waals surface area (Å²) in [4.78, 5) is 12.9. The van der Waals surface area contributed by atoms with Crippen molar-refractivity contribution < 1.29 is 21.6 Å². The smallest absolute Gasteiger partial charge is 0.243 e. The van der Waals surface area contributed by atoms with E-state index in [4.69, 9.17) is 0 Å². The number of carbonyl (C=O) groups excluding carboxylic acids is 1. The van der Waals surface area contributed by atoms with Crippen molar-refractivity contribution in [3.8, 4) is 0 Å². The van der Waals surface area contributed by atoms with Crippen molar-refractivity contribution in [3.05, 3.63) is 66.2 Å². The van der Waals surface area contributed by atoms with Gasteiger partial charge in [0.15, 0.2) is 0 Å².